The fourth-order valence-corrected chi connectivity index (χ4v) is 8.59. The van der Waals surface area contributed by atoms with Gasteiger partial charge < -0.3 is 18.9 Å². The molecule has 3 saturated heterocycles. The van der Waals surface area contributed by atoms with Gasteiger partial charge in [-0.25, -0.2) is 0 Å². The smallest absolute Gasteiger partial charge is 0.310 e. The molecule has 4 aliphatic heterocycles. The van der Waals surface area contributed by atoms with Crippen LogP contribution in [0.4, 0.5) is 0 Å². The molecule has 5 heterocycles. The summed E-state index contributed by atoms with van der Waals surface area (Å²) >= 11 is 0. The molecule has 8 atom stereocenters. The third-order valence-corrected chi connectivity index (χ3v) is 10.1. The van der Waals surface area contributed by atoms with Crippen molar-refractivity contribution in [2.75, 3.05) is 26.2 Å². The molecular weight excluding hydrogens is 404 g/mol. The van der Waals surface area contributed by atoms with Crippen molar-refractivity contribution in [2.45, 2.75) is 69.6 Å². The number of ether oxygens (including phenoxy) is 2. The van der Waals surface area contributed by atoms with Crippen LogP contribution in [-0.4, -0.2) is 53.4 Å². The number of rotatable bonds is 2. The van der Waals surface area contributed by atoms with Crippen LogP contribution in [0.2, 0.25) is 0 Å². The number of esters is 1. The Bertz CT molecular complexity index is 1020. The molecule has 5 fully saturated rings. The van der Waals surface area contributed by atoms with E-state index in [-0.39, 0.29) is 34.6 Å². The van der Waals surface area contributed by atoms with E-state index in [9.17, 15) is 9.59 Å². The fourth-order valence-electron chi connectivity index (χ4n) is 8.59. The predicted molar refractivity (Wildman–Crippen MR) is 118 cm³/mol. The van der Waals surface area contributed by atoms with Crippen molar-refractivity contribution < 1.29 is 14.3 Å². The Morgan fingerprint density at radius 1 is 1.12 bits per heavy atom. The van der Waals surface area contributed by atoms with Crippen LogP contribution < -0.4 is 5.56 Å². The van der Waals surface area contributed by atoms with Crippen LogP contribution in [0.15, 0.2) is 23.0 Å². The highest BCUT2D eigenvalue weighted by Gasteiger charge is 2.65. The van der Waals surface area contributed by atoms with E-state index < -0.39 is 0 Å². The van der Waals surface area contributed by atoms with Gasteiger partial charge in [0.05, 0.1) is 18.1 Å². The van der Waals surface area contributed by atoms with Crippen LogP contribution in [0.1, 0.15) is 57.1 Å². The van der Waals surface area contributed by atoms with E-state index in [0.29, 0.717) is 23.7 Å². The quantitative estimate of drug-likeness (QED) is 0.525. The lowest BCUT2D eigenvalue weighted by Gasteiger charge is -2.52. The maximum absolute atomic E-state index is 13.1. The maximum atomic E-state index is 13.1. The van der Waals surface area contributed by atoms with Crippen LogP contribution in [0.3, 0.4) is 0 Å². The Morgan fingerprint density at radius 2 is 2.00 bits per heavy atom. The van der Waals surface area contributed by atoms with Gasteiger partial charge in [-0.3, -0.25) is 9.59 Å². The normalized spacial score (nSPS) is 46.8. The highest BCUT2D eigenvalue weighted by atomic mass is 16.6. The van der Waals surface area contributed by atoms with Gasteiger partial charge >= 0.3 is 5.97 Å². The molecule has 2 saturated carbocycles. The van der Waals surface area contributed by atoms with Gasteiger partial charge in [0.2, 0.25) is 0 Å². The lowest BCUT2D eigenvalue weighted by Crippen LogP contribution is -2.52. The van der Waals surface area contributed by atoms with Gasteiger partial charge in [0.15, 0.2) is 0 Å². The second-order valence-corrected chi connectivity index (χ2v) is 12.0. The molecular formula is C26H34N2O4. The minimum Gasteiger partial charge on any atom is -0.462 e. The molecule has 172 valence electrons. The summed E-state index contributed by atoms with van der Waals surface area (Å²) in [5, 5.41) is 0. The van der Waals surface area contributed by atoms with Crippen molar-refractivity contribution in [2.24, 2.45) is 29.1 Å². The third kappa shape index (κ3) is 2.84. The van der Waals surface area contributed by atoms with E-state index in [0.717, 1.165) is 52.0 Å². The maximum Gasteiger partial charge on any atom is 0.310 e. The Labute approximate surface area is 189 Å². The van der Waals surface area contributed by atoms with Crippen molar-refractivity contribution in [3.05, 3.63) is 34.2 Å². The molecule has 0 N–H and O–H groups in total. The van der Waals surface area contributed by atoms with Gasteiger partial charge in [0, 0.05) is 49.8 Å². The highest BCUT2D eigenvalue weighted by molar-refractivity contribution is 5.75. The largest absolute Gasteiger partial charge is 0.462 e. The monoisotopic (exact) mass is 438 g/mol. The average molecular weight is 439 g/mol. The summed E-state index contributed by atoms with van der Waals surface area (Å²) in [6, 6.07) is 5.69. The molecule has 2 bridgehead atoms. The second-order valence-electron chi connectivity index (χ2n) is 12.0. The molecule has 6 nitrogen and oxygen atoms in total. The van der Waals surface area contributed by atoms with Crippen LogP contribution in [0.25, 0.3) is 0 Å². The minimum absolute atomic E-state index is 0.0148. The van der Waals surface area contributed by atoms with Crippen LogP contribution in [0.5, 0.6) is 0 Å². The first kappa shape index (κ1) is 19.8. The summed E-state index contributed by atoms with van der Waals surface area (Å²) in [5.74, 6) is 1.80. The molecule has 6 heteroatoms. The molecule has 0 aromatic carbocycles. The number of pyridine rings is 1. The van der Waals surface area contributed by atoms with Crippen molar-refractivity contribution in [3.8, 4) is 0 Å². The second kappa shape index (κ2) is 6.69. The molecule has 1 aromatic rings. The summed E-state index contributed by atoms with van der Waals surface area (Å²) in [6.45, 7) is 6.87. The zero-order valence-corrected chi connectivity index (χ0v) is 19.0. The standard InChI is InChI=1S/C26H34N2O4/c1-25-6-3-7-26(15-31-26)22(25)9-18-19(24(30)32-21(18)10-25)14-27-11-16-8-17(13-27)20-4-2-5-23(29)28(20)12-16/h2,4-5,16-19,21-22H,3,6-15H2,1H3/t16-,17+,18-,19-,21-,22-,25-,26-/m1/s1. The number of epoxide rings is 1. The Balaban J connectivity index is 1.11. The first-order chi connectivity index (χ1) is 15.4. The summed E-state index contributed by atoms with van der Waals surface area (Å²) < 4.78 is 14.1. The lowest BCUT2D eigenvalue weighted by molar-refractivity contribution is -0.147. The Kier molecular flexibility index (Phi) is 4.14. The topological polar surface area (TPSA) is 64.1 Å². The van der Waals surface area contributed by atoms with E-state index in [4.69, 9.17) is 9.47 Å². The van der Waals surface area contributed by atoms with Crippen LogP contribution in [-0.2, 0) is 20.8 Å². The SMILES string of the molecule is C[C@]12CCC[C@@]3(CO3)[C@@H]1C[C@H]1[C@@H](C2)OC(=O)[C@@H]1CN1C[C@H]2C[C@@H](C1)c1cccc(=O)n1C2. The van der Waals surface area contributed by atoms with Crippen LogP contribution in [0, 0.1) is 29.1 Å². The first-order valence-corrected chi connectivity index (χ1v) is 12.7. The highest BCUT2D eigenvalue weighted by Crippen LogP contribution is 2.62. The molecule has 0 unspecified atom stereocenters. The van der Waals surface area contributed by atoms with E-state index >= 15 is 0 Å². The van der Waals surface area contributed by atoms with Crippen LogP contribution >= 0.6 is 0 Å². The van der Waals surface area contributed by atoms with E-state index in [1.165, 1.54) is 25.0 Å². The number of piperidine rings is 1. The first-order valence-electron chi connectivity index (χ1n) is 12.7. The molecule has 2 aliphatic carbocycles. The van der Waals surface area contributed by atoms with Gasteiger partial charge in [-0.2, -0.15) is 0 Å². The zero-order valence-electron chi connectivity index (χ0n) is 19.0. The molecule has 6 aliphatic rings. The van der Waals surface area contributed by atoms with Crippen molar-refractivity contribution in [1.29, 1.82) is 0 Å². The number of fused-ring (bicyclic) bond motifs is 7. The summed E-state index contributed by atoms with van der Waals surface area (Å²) in [6.07, 6.45) is 7.00. The molecule has 1 spiro atoms. The van der Waals surface area contributed by atoms with Gasteiger partial charge in [0.25, 0.3) is 5.56 Å². The summed E-state index contributed by atoms with van der Waals surface area (Å²) in [4.78, 5) is 27.9. The number of aromatic nitrogens is 1. The molecule has 7 rings (SSSR count). The Morgan fingerprint density at radius 3 is 2.84 bits per heavy atom. The van der Waals surface area contributed by atoms with Crippen molar-refractivity contribution in [3.63, 3.8) is 0 Å². The van der Waals surface area contributed by atoms with Crippen molar-refractivity contribution in [1.82, 2.24) is 9.47 Å². The van der Waals surface area contributed by atoms with Gasteiger partial charge in [-0.15, -0.1) is 0 Å². The van der Waals surface area contributed by atoms with Gasteiger partial charge in [0.1, 0.15) is 6.10 Å². The molecule has 32 heavy (non-hydrogen) atoms. The molecule has 0 radical (unpaired) electrons. The van der Waals surface area contributed by atoms with Crippen molar-refractivity contribution >= 4 is 5.97 Å². The lowest BCUT2D eigenvalue weighted by atomic mass is 9.53. The number of nitrogens with zero attached hydrogens (tertiary/aromatic N) is 2. The predicted octanol–water partition coefficient (Wildman–Crippen LogP) is 2.79. The number of hydrogen-bond donors (Lipinski definition) is 0. The number of carbonyl (C=O) groups excluding carboxylic acids is 1. The summed E-state index contributed by atoms with van der Waals surface area (Å²) in [7, 11) is 0. The Hall–Kier alpha value is -1.66. The van der Waals surface area contributed by atoms with Gasteiger partial charge in [-0.1, -0.05) is 13.0 Å². The average Bonchev–Trinajstić information content (AvgIpc) is 3.46. The summed E-state index contributed by atoms with van der Waals surface area (Å²) in [5.41, 5.74) is 1.66. The molecule has 0 amide bonds. The number of hydrogen-bond acceptors (Lipinski definition) is 5. The van der Waals surface area contributed by atoms with E-state index in [2.05, 4.69) is 17.9 Å². The number of likely N-dealkylation sites (tertiary alicyclic amines) is 1. The number of carbonyl (C=O) groups is 1. The van der Waals surface area contributed by atoms with E-state index in [1.54, 1.807) is 6.07 Å². The third-order valence-electron chi connectivity index (χ3n) is 10.1. The van der Waals surface area contributed by atoms with E-state index in [1.807, 2.05) is 10.6 Å². The fraction of sp³-hybridized carbons (Fsp3) is 0.769. The zero-order chi connectivity index (χ0) is 21.7. The minimum atomic E-state index is -0.0148. The molecule has 1 aromatic heterocycles. The van der Waals surface area contributed by atoms with Gasteiger partial charge in [-0.05, 0) is 61.8 Å².